The van der Waals surface area contributed by atoms with Gasteiger partial charge in [0.2, 0.25) is 0 Å². The van der Waals surface area contributed by atoms with Crippen LogP contribution in [-0.4, -0.2) is 9.55 Å². The average molecular weight is 142 g/mol. The average Bonchev–Trinajstić information content (AvgIpc) is 2.14. The first-order valence-electron chi connectivity index (χ1n) is 2.81. The lowest BCUT2D eigenvalue weighted by Crippen LogP contribution is -1.92. The van der Waals surface area contributed by atoms with Crippen molar-refractivity contribution >= 4 is 0 Å². The Morgan fingerprint density at radius 1 is 1.50 bits per heavy atom. The molecule has 0 aliphatic carbocycles. The van der Waals surface area contributed by atoms with Crippen LogP contribution in [0.5, 0.6) is 0 Å². The highest BCUT2D eigenvalue weighted by molar-refractivity contribution is 4.93. The fraction of sp³-hybridized carbons (Fsp3) is 0.625. The molecule has 1 aromatic heterocycles. The Morgan fingerprint density at radius 2 is 2.10 bits per heavy atom. The molecule has 0 atom stereocenters. The molecule has 0 aliphatic heterocycles. The van der Waals surface area contributed by atoms with Crippen LogP contribution in [0.15, 0.2) is 12.5 Å². The summed E-state index contributed by atoms with van der Waals surface area (Å²) in [6, 6.07) is 0. The molecule has 0 radical (unpaired) electrons. The van der Waals surface area contributed by atoms with Gasteiger partial charge in [0, 0.05) is 18.4 Å². The van der Waals surface area contributed by atoms with Crippen molar-refractivity contribution in [2.24, 2.45) is 0 Å². The minimum absolute atomic E-state index is 0. The van der Waals surface area contributed by atoms with E-state index in [-0.39, 0.29) is 14.9 Å². The first-order valence-corrected chi connectivity index (χ1v) is 2.81. The molecule has 0 bridgehead atoms. The molecule has 0 fully saturated rings. The van der Waals surface area contributed by atoms with Crippen LogP contribution in [0.3, 0.4) is 0 Å². The molecule has 0 saturated heterocycles. The summed E-state index contributed by atoms with van der Waals surface area (Å²) in [5, 5.41) is 0. The molecule has 0 unspecified atom stereocenters. The lowest BCUT2D eigenvalue weighted by atomic mass is 10.5. The monoisotopic (exact) mass is 142 g/mol. The predicted molar refractivity (Wildman–Crippen MR) is 46.1 cm³/mol. The van der Waals surface area contributed by atoms with Gasteiger partial charge in [0.15, 0.2) is 0 Å². The molecule has 2 nitrogen and oxygen atoms in total. The van der Waals surface area contributed by atoms with E-state index < -0.39 is 0 Å². The Bertz CT molecular complexity index is 168. The van der Waals surface area contributed by atoms with Crippen LogP contribution in [0.2, 0.25) is 0 Å². The van der Waals surface area contributed by atoms with Crippen molar-refractivity contribution < 1.29 is 0 Å². The normalized spacial score (nSPS) is 7.80. The van der Waals surface area contributed by atoms with Crippen LogP contribution >= 0.6 is 0 Å². The van der Waals surface area contributed by atoms with Gasteiger partial charge in [0.05, 0.1) is 6.33 Å². The maximum absolute atomic E-state index is 3.96. The highest BCUT2D eigenvalue weighted by Crippen LogP contribution is 1.93. The van der Waals surface area contributed by atoms with Crippen LogP contribution in [0.25, 0.3) is 0 Å². The van der Waals surface area contributed by atoms with E-state index in [0.717, 1.165) is 6.54 Å². The zero-order valence-electron chi connectivity index (χ0n) is 5.26. The summed E-state index contributed by atoms with van der Waals surface area (Å²) < 4.78 is 2.10. The van der Waals surface area contributed by atoms with E-state index in [4.69, 9.17) is 0 Å². The predicted octanol–water partition coefficient (Wildman–Crippen LogP) is 2.48. The maximum atomic E-state index is 3.96. The number of nitrogens with zero attached hydrogens (tertiary/aromatic N) is 2. The van der Waals surface area contributed by atoms with Gasteiger partial charge in [0.25, 0.3) is 0 Å². The molecule has 1 rings (SSSR count). The van der Waals surface area contributed by atoms with Gasteiger partial charge in [-0.05, 0) is 13.8 Å². The van der Waals surface area contributed by atoms with Gasteiger partial charge in [-0.15, -0.1) is 0 Å². The lowest BCUT2D eigenvalue weighted by Gasteiger charge is -1.95. The van der Waals surface area contributed by atoms with E-state index in [2.05, 4.69) is 23.4 Å². The van der Waals surface area contributed by atoms with Crippen LogP contribution in [-0.2, 0) is 6.54 Å². The van der Waals surface area contributed by atoms with Crippen LogP contribution < -0.4 is 0 Å². The summed E-state index contributed by atoms with van der Waals surface area (Å²) in [6.45, 7) is 5.18. The summed E-state index contributed by atoms with van der Waals surface area (Å²) in [5.41, 5.74) is 1.23. The Morgan fingerprint density at radius 3 is 2.30 bits per heavy atom. The molecule has 0 aliphatic rings. The van der Waals surface area contributed by atoms with Crippen LogP contribution in [0.1, 0.15) is 27.5 Å². The molecular formula is C8H18N2. The fourth-order valence-corrected chi connectivity index (χ4v) is 0.718. The van der Waals surface area contributed by atoms with Gasteiger partial charge >= 0.3 is 0 Å². The Kier molecular flexibility index (Phi) is 6.01. The third kappa shape index (κ3) is 2.21. The Labute approximate surface area is 63.9 Å². The van der Waals surface area contributed by atoms with Crippen molar-refractivity contribution in [2.45, 2.75) is 35.2 Å². The molecule has 0 amide bonds. The highest BCUT2D eigenvalue weighted by Gasteiger charge is 1.88. The molecule has 0 saturated carbocycles. The zero-order chi connectivity index (χ0) is 5.98. The van der Waals surface area contributed by atoms with Gasteiger partial charge in [-0.3, -0.25) is 0 Å². The number of rotatable bonds is 1. The number of hydrogen-bond donors (Lipinski definition) is 0. The summed E-state index contributed by atoms with van der Waals surface area (Å²) in [6.07, 6.45) is 3.71. The SMILES string of the molecule is C.C.CCn1cncc1C. The molecule has 60 valence electrons. The molecule has 0 spiro atoms. The van der Waals surface area contributed by atoms with Crippen molar-refractivity contribution in [1.82, 2.24) is 9.55 Å². The minimum Gasteiger partial charge on any atom is -0.335 e. The third-order valence-electron chi connectivity index (χ3n) is 1.26. The molecule has 0 aromatic carbocycles. The molecule has 0 N–H and O–H groups in total. The first kappa shape index (κ1) is 11.9. The molecular weight excluding hydrogens is 124 g/mol. The second-order valence-corrected chi connectivity index (χ2v) is 1.82. The van der Waals surface area contributed by atoms with Crippen molar-refractivity contribution in [3.63, 3.8) is 0 Å². The zero-order valence-corrected chi connectivity index (χ0v) is 5.26. The van der Waals surface area contributed by atoms with Crippen molar-refractivity contribution in [1.29, 1.82) is 0 Å². The quantitative estimate of drug-likeness (QED) is 0.589. The Hall–Kier alpha value is -0.790. The molecule has 2 heteroatoms. The standard InChI is InChI=1S/C6H10N2.2CH4/c1-3-8-5-7-4-6(8)2;;/h4-5H,3H2,1-2H3;2*1H4. The number of imidazole rings is 1. The van der Waals surface area contributed by atoms with Gasteiger partial charge in [-0.2, -0.15) is 0 Å². The van der Waals surface area contributed by atoms with E-state index in [0.29, 0.717) is 0 Å². The fourth-order valence-electron chi connectivity index (χ4n) is 0.718. The van der Waals surface area contributed by atoms with Crippen LogP contribution in [0.4, 0.5) is 0 Å². The third-order valence-corrected chi connectivity index (χ3v) is 1.26. The molecule has 1 aromatic rings. The van der Waals surface area contributed by atoms with Gasteiger partial charge in [0.1, 0.15) is 0 Å². The van der Waals surface area contributed by atoms with E-state index in [9.17, 15) is 0 Å². The summed E-state index contributed by atoms with van der Waals surface area (Å²) in [4.78, 5) is 3.96. The van der Waals surface area contributed by atoms with Crippen molar-refractivity contribution in [3.8, 4) is 0 Å². The topological polar surface area (TPSA) is 17.8 Å². The van der Waals surface area contributed by atoms with E-state index >= 15 is 0 Å². The molecule has 1 heterocycles. The Balaban J connectivity index is 0. The van der Waals surface area contributed by atoms with Gasteiger partial charge < -0.3 is 4.57 Å². The minimum atomic E-state index is 0. The summed E-state index contributed by atoms with van der Waals surface area (Å²) in [5.74, 6) is 0. The number of aromatic nitrogens is 2. The van der Waals surface area contributed by atoms with Crippen molar-refractivity contribution in [2.75, 3.05) is 0 Å². The van der Waals surface area contributed by atoms with Gasteiger partial charge in [-0.1, -0.05) is 14.9 Å². The first-order chi connectivity index (χ1) is 3.84. The van der Waals surface area contributed by atoms with E-state index in [1.807, 2.05) is 12.5 Å². The molecule has 10 heavy (non-hydrogen) atoms. The second kappa shape index (κ2) is 5.03. The summed E-state index contributed by atoms with van der Waals surface area (Å²) >= 11 is 0. The second-order valence-electron chi connectivity index (χ2n) is 1.82. The summed E-state index contributed by atoms with van der Waals surface area (Å²) in [7, 11) is 0. The lowest BCUT2D eigenvalue weighted by molar-refractivity contribution is 0.737. The van der Waals surface area contributed by atoms with Gasteiger partial charge in [-0.25, -0.2) is 4.98 Å². The highest BCUT2D eigenvalue weighted by atomic mass is 15.0. The largest absolute Gasteiger partial charge is 0.335 e. The number of aryl methyl sites for hydroxylation is 2. The smallest absolute Gasteiger partial charge is 0.0947 e. The van der Waals surface area contributed by atoms with Crippen LogP contribution in [0, 0.1) is 6.92 Å². The van der Waals surface area contributed by atoms with E-state index in [1.165, 1.54) is 5.69 Å². The van der Waals surface area contributed by atoms with E-state index in [1.54, 1.807) is 0 Å². The van der Waals surface area contributed by atoms with Crippen molar-refractivity contribution in [3.05, 3.63) is 18.2 Å². The maximum Gasteiger partial charge on any atom is 0.0947 e. The number of hydrogen-bond acceptors (Lipinski definition) is 1.